The molecule has 4 rings (SSSR count). The number of aromatic nitrogens is 4. The van der Waals surface area contributed by atoms with Crippen molar-refractivity contribution < 1.29 is 9.18 Å². The fourth-order valence-electron chi connectivity index (χ4n) is 3.72. The minimum absolute atomic E-state index is 0.0539. The minimum atomic E-state index is -0.395. The number of amides is 1. The monoisotopic (exact) mass is 416 g/mol. The predicted molar refractivity (Wildman–Crippen MR) is 107 cm³/mol. The molecule has 3 heterocycles. The normalized spacial score (nSPS) is 15.7. The number of likely N-dealkylation sites (tertiary alicyclic amines) is 1. The van der Waals surface area contributed by atoms with Crippen LogP contribution < -0.4 is 0 Å². The summed E-state index contributed by atoms with van der Waals surface area (Å²) in [6, 6.07) is 4.55. The number of carbonyl (C=O) groups is 1. The van der Waals surface area contributed by atoms with E-state index in [0.717, 1.165) is 37.4 Å². The van der Waals surface area contributed by atoms with Crippen molar-refractivity contribution in [3.05, 3.63) is 59.0 Å². The number of piperidine rings is 1. The van der Waals surface area contributed by atoms with Gasteiger partial charge in [-0.15, -0.1) is 10.2 Å². The highest BCUT2D eigenvalue weighted by atomic mass is 35.5. The van der Waals surface area contributed by atoms with Crippen LogP contribution in [0, 0.1) is 5.82 Å². The van der Waals surface area contributed by atoms with E-state index in [1.807, 2.05) is 10.6 Å². The van der Waals surface area contributed by atoms with E-state index in [2.05, 4.69) is 20.1 Å². The summed E-state index contributed by atoms with van der Waals surface area (Å²) in [5.41, 5.74) is 1.09. The fourth-order valence-corrected chi connectivity index (χ4v) is 3.94. The lowest BCUT2D eigenvalue weighted by Crippen LogP contribution is -2.42. The summed E-state index contributed by atoms with van der Waals surface area (Å²) in [5, 5.41) is 8.84. The molecule has 1 aromatic carbocycles. The zero-order valence-corrected chi connectivity index (χ0v) is 16.9. The third-order valence-electron chi connectivity index (χ3n) is 5.43. The largest absolute Gasteiger partial charge is 0.340 e. The highest BCUT2D eigenvalue weighted by Crippen LogP contribution is 2.27. The van der Waals surface area contributed by atoms with E-state index < -0.39 is 5.82 Å². The van der Waals surface area contributed by atoms with Crippen molar-refractivity contribution >= 4 is 23.2 Å². The van der Waals surface area contributed by atoms with Crippen LogP contribution in [0.4, 0.5) is 4.39 Å². The summed E-state index contributed by atoms with van der Waals surface area (Å²) in [6.45, 7) is 2.05. The molecule has 3 aromatic rings. The van der Waals surface area contributed by atoms with E-state index in [4.69, 9.17) is 11.6 Å². The lowest BCUT2D eigenvalue weighted by Gasteiger charge is -2.31. The van der Waals surface area contributed by atoms with Gasteiger partial charge in [0.25, 0.3) is 0 Å². The number of fused-ring (bicyclic) bond motifs is 1. The van der Waals surface area contributed by atoms with E-state index in [1.54, 1.807) is 31.6 Å². The van der Waals surface area contributed by atoms with Crippen molar-refractivity contribution in [2.24, 2.45) is 0 Å². The molecule has 1 amide bonds. The van der Waals surface area contributed by atoms with Crippen molar-refractivity contribution in [1.82, 2.24) is 29.4 Å². The van der Waals surface area contributed by atoms with Gasteiger partial charge in [-0.2, -0.15) is 0 Å². The number of carbonyl (C=O) groups excluding carboxylic acids is 1. The molecule has 2 aromatic heterocycles. The Morgan fingerprint density at radius 3 is 2.86 bits per heavy atom. The van der Waals surface area contributed by atoms with Crippen LogP contribution in [0.5, 0.6) is 0 Å². The zero-order chi connectivity index (χ0) is 20.4. The van der Waals surface area contributed by atoms with Crippen molar-refractivity contribution in [3.8, 4) is 0 Å². The number of halogens is 2. The van der Waals surface area contributed by atoms with Gasteiger partial charge in [-0.05, 0) is 38.1 Å². The van der Waals surface area contributed by atoms with Gasteiger partial charge in [0.05, 0.1) is 12.7 Å². The van der Waals surface area contributed by atoms with Gasteiger partial charge in [0.2, 0.25) is 5.91 Å². The van der Waals surface area contributed by atoms with E-state index in [9.17, 15) is 9.18 Å². The van der Waals surface area contributed by atoms with Gasteiger partial charge in [-0.3, -0.25) is 19.1 Å². The second-order valence-corrected chi connectivity index (χ2v) is 7.77. The second-order valence-electron chi connectivity index (χ2n) is 7.36. The third kappa shape index (κ3) is 4.23. The Balaban J connectivity index is 1.33. The molecule has 0 atom stereocenters. The quantitative estimate of drug-likeness (QED) is 0.639. The molecule has 1 fully saturated rings. The molecule has 0 N–H and O–H groups in total. The van der Waals surface area contributed by atoms with Gasteiger partial charge in [0.15, 0.2) is 5.65 Å². The first kappa shape index (κ1) is 19.7. The molecule has 7 nitrogen and oxygen atoms in total. The average molecular weight is 417 g/mol. The molecule has 9 heteroatoms. The summed E-state index contributed by atoms with van der Waals surface area (Å²) in [5.74, 6) is 0.795. The highest BCUT2D eigenvalue weighted by molar-refractivity contribution is 6.31. The number of benzene rings is 1. The number of likely N-dealkylation sites (N-methyl/N-ethyl adjacent to an activating group) is 1. The lowest BCUT2D eigenvalue weighted by molar-refractivity contribution is -0.131. The first-order valence-corrected chi connectivity index (χ1v) is 9.94. The van der Waals surface area contributed by atoms with Crippen LogP contribution in [-0.2, 0) is 11.3 Å². The summed E-state index contributed by atoms with van der Waals surface area (Å²) < 4.78 is 15.9. The minimum Gasteiger partial charge on any atom is -0.340 e. The summed E-state index contributed by atoms with van der Waals surface area (Å²) in [4.78, 5) is 20.3. The van der Waals surface area contributed by atoms with Crippen LogP contribution in [0.25, 0.3) is 5.65 Å². The topological polar surface area (TPSA) is 66.6 Å². The van der Waals surface area contributed by atoms with Gasteiger partial charge >= 0.3 is 0 Å². The van der Waals surface area contributed by atoms with Crippen LogP contribution in [0.1, 0.15) is 30.1 Å². The van der Waals surface area contributed by atoms with Crippen molar-refractivity contribution in [2.75, 3.05) is 26.7 Å². The average Bonchev–Trinajstić information content (AvgIpc) is 3.15. The van der Waals surface area contributed by atoms with Gasteiger partial charge in [-0.25, -0.2) is 4.39 Å². The molecule has 0 bridgehead atoms. The Morgan fingerprint density at radius 1 is 1.31 bits per heavy atom. The van der Waals surface area contributed by atoms with Crippen molar-refractivity contribution in [2.45, 2.75) is 25.3 Å². The molecule has 1 aliphatic rings. The van der Waals surface area contributed by atoms with Crippen molar-refractivity contribution in [1.29, 1.82) is 0 Å². The summed E-state index contributed by atoms with van der Waals surface area (Å²) >= 11 is 6.07. The molecular weight excluding hydrogens is 395 g/mol. The van der Waals surface area contributed by atoms with E-state index >= 15 is 0 Å². The van der Waals surface area contributed by atoms with Crippen LogP contribution in [-0.4, -0.2) is 62.0 Å². The van der Waals surface area contributed by atoms with Gasteiger partial charge in [0, 0.05) is 42.5 Å². The standard InChI is InChI=1S/C20H22ClFN6O/c1-26(12-15-16(21)3-2-4-17(15)22)19(29)13-27-8-5-14(6-9-27)20-25-24-18-11-23-7-10-28(18)20/h2-4,7,10-11,14H,5-6,8-9,12-13H2,1H3. The number of rotatable bonds is 5. The van der Waals surface area contributed by atoms with E-state index in [-0.39, 0.29) is 12.5 Å². The maximum atomic E-state index is 14.0. The predicted octanol–water partition coefficient (Wildman–Crippen LogP) is 2.75. The third-order valence-corrected chi connectivity index (χ3v) is 5.79. The number of hydrogen-bond donors (Lipinski definition) is 0. The maximum absolute atomic E-state index is 14.0. The maximum Gasteiger partial charge on any atom is 0.236 e. The van der Waals surface area contributed by atoms with Crippen molar-refractivity contribution in [3.63, 3.8) is 0 Å². The summed E-state index contributed by atoms with van der Waals surface area (Å²) in [6.07, 6.45) is 7.11. The molecule has 1 aliphatic heterocycles. The fraction of sp³-hybridized carbons (Fsp3) is 0.400. The molecule has 0 unspecified atom stereocenters. The van der Waals surface area contributed by atoms with Gasteiger partial charge in [-0.1, -0.05) is 17.7 Å². The Labute approximate surface area is 173 Å². The molecule has 1 saturated heterocycles. The number of hydrogen-bond acceptors (Lipinski definition) is 5. The van der Waals surface area contributed by atoms with Crippen LogP contribution >= 0.6 is 11.6 Å². The Hall–Kier alpha value is -2.58. The molecule has 0 radical (unpaired) electrons. The SMILES string of the molecule is CN(Cc1c(F)cccc1Cl)C(=O)CN1CCC(c2nnc3cnccn23)CC1. The Morgan fingerprint density at radius 2 is 2.10 bits per heavy atom. The Kier molecular flexibility index (Phi) is 5.73. The number of nitrogens with zero attached hydrogens (tertiary/aromatic N) is 6. The summed E-state index contributed by atoms with van der Waals surface area (Å²) in [7, 11) is 1.67. The first-order chi connectivity index (χ1) is 14.0. The van der Waals surface area contributed by atoms with Crippen LogP contribution in [0.15, 0.2) is 36.8 Å². The highest BCUT2D eigenvalue weighted by Gasteiger charge is 2.26. The first-order valence-electron chi connectivity index (χ1n) is 9.57. The smallest absolute Gasteiger partial charge is 0.236 e. The zero-order valence-electron chi connectivity index (χ0n) is 16.1. The molecular formula is C20H22ClFN6O. The molecule has 0 saturated carbocycles. The van der Waals surface area contributed by atoms with Crippen LogP contribution in [0.2, 0.25) is 5.02 Å². The van der Waals surface area contributed by atoms with Crippen LogP contribution in [0.3, 0.4) is 0 Å². The lowest BCUT2D eigenvalue weighted by atomic mass is 9.96. The van der Waals surface area contributed by atoms with Gasteiger partial charge in [0.1, 0.15) is 11.6 Å². The second kappa shape index (κ2) is 8.42. The Bertz CT molecular complexity index is 997. The van der Waals surface area contributed by atoms with E-state index in [1.165, 1.54) is 11.0 Å². The molecule has 0 aliphatic carbocycles. The van der Waals surface area contributed by atoms with E-state index in [0.29, 0.717) is 23.0 Å². The van der Waals surface area contributed by atoms with Gasteiger partial charge < -0.3 is 4.90 Å². The molecule has 0 spiro atoms. The molecule has 29 heavy (non-hydrogen) atoms. The molecule has 152 valence electrons.